The summed E-state index contributed by atoms with van der Waals surface area (Å²) < 4.78 is 4.69. The SMILES string of the molecule is COCCOO[C](C)Br. The molecule has 0 aliphatic carbocycles. The van der Waals surface area contributed by atoms with Crippen molar-refractivity contribution in [1.82, 2.24) is 0 Å². The number of hydrogen-bond donors (Lipinski definition) is 0. The molecule has 0 atom stereocenters. The van der Waals surface area contributed by atoms with Crippen LogP contribution in [0.15, 0.2) is 0 Å². The monoisotopic (exact) mass is 197 g/mol. The Morgan fingerprint density at radius 1 is 1.44 bits per heavy atom. The van der Waals surface area contributed by atoms with E-state index in [1.54, 1.807) is 14.0 Å². The fourth-order valence-electron chi connectivity index (χ4n) is 0.240. The molecular formula is C5H10BrO3. The van der Waals surface area contributed by atoms with Gasteiger partial charge >= 0.3 is 0 Å². The topological polar surface area (TPSA) is 27.7 Å². The first-order valence-corrected chi connectivity index (χ1v) is 3.34. The lowest BCUT2D eigenvalue weighted by Gasteiger charge is -2.02. The highest BCUT2D eigenvalue weighted by Crippen LogP contribution is 2.08. The maximum Gasteiger partial charge on any atom is 0.196 e. The number of ether oxygens (including phenoxy) is 1. The van der Waals surface area contributed by atoms with Crippen LogP contribution in [0, 0.1) is 5.01 Å². The van der Waals surface area contributed by atoms with Crippen LogP contribution in [0.2, 0.25) is 0 Å². The van der Waals surface area contributed by atoms with E-state index >= 15 is 0 Å². The quantitative estimate of drug-likeness (QED) is 0.380. The lowest BCUT2D eigenvalue weighted by atomic mass is 10.8. The number of methoxy groups -OCH3 is 1. The molecule has 0 aromatic heterocycles. The van der Waals surface area contributed by atoms with E-state index in [2.05, 4.69) is 25.7 Å². The minimum Gasteiger partial charge on any atom is -0.382 e. The van der Waals surface area contributed by atoms with E-state index in [4.69, 9.17) is 4.74 Å². The van der Waals surface area contributed by atoms with Gasteiger partial charge in [0.05, 0.1) is 6.61 Å². The summed E-state index contributed by atoms with van der Waals surface area (Å²) in [5, 5.41) is 0.610. The molecule has 1 radical (unpaired) electrons. The molecule has 0 saturated carbocycles. The van der Waals surface area contributed by atoms with Gasteiger partial charge < -0.3 is 4.74 Å². The van der Waals surface area contributed by atoms with Crippen LogP contribution in [0.1, 0.15) is 6.92 Å². The average molecular weight is 198 g/mol. The molecule has 0 saturated heterocycles. The van der Waals surface area contributed by atoms with Crippen molar-refractivity contribution in [3.8, 4) is 0 Å². The van der Waals surface area contributed by atoms with Crippen LogP contribution < -0.4 is 0 Å². The van der Waals surface area contributed by atoms with Gasteiger partial charge in [0.15, 0.2) is 5.01 Å². The first-order chi connectivity index (χ1) is 4.27. The van der Waals surface area contributed by atoms with Crippen LogP contribution >= 0.6 is 15.9 Å². The average Bonchev–Trinajstić information content (AvgIpc) is 1.80. The van der Waals surface area contributed by atoms with Gasteiger partial charge in [0.1, 0.15) is 6.61 Å². The molecule has 0 amide bonds. The van der Waals surface area contributed by atoms with Crippen molar-refractivity contribution in [3.05, 3.63) is 5.01 Å². The third-order valence-electron chi connectivity index (χ3n) is 0.545. The van der Waals surface area contributed by atoms with Gasteiger partial charge in [0, 0.05) is 7.11 Å². The van der Waals surface area contributed by atoms with E-state index in [-0.39, 0.29) is 0 Å². The van der Waals surface area contributed by atoms with Gasteiger partial charge in [-0.3, -0.25) is 0 Å². The van der Waals surface area contributed by atoms with Crippen LogP contribution in [0.25, 0.3) is 0 Å². The molecule has 0 aliphatic heterocycles. The van der Waals surface area contributed by atoms with Crippen molar-refractivity contribution in [2.24, 2.45) is 0 Å². The van der Waals surface area contributed by atoms with E-state index in [1.165, 1.54) is 0 Å². The van der Waals surface area contributed by atoms with Crippen LogP contribution in [0.5, 0.6) is 0 Å². The van der Waals surface area contributed by atoms with E-state index in [9.17, 15) is 0 Å². The number of hydrogen-bond acceptors (Lipinski definition) is 3. The minimum atomic E-state index is 0.444. The van der Waals surface area contributed by atoms with Gasteiger partial charge in [-0.1, -0.05) is 0 Å². The summed E-state index contributed by atoms with van der Waals surface area (Å²) in [7, 11) is 1.61. The Kier molecular flexibility index (Phi) is 6.74. The second kappa shape index (κ2) is 6.48. The van der Waals surface area contributed by atoms with E-state index in [0.29, 0.717) is 18.2 Å². The zero-order valence-corrected chi connectivity index (χ0v) is 7.10. The predicted octanol–water partition coefficient (Wildman–Crippen LogP) is 1.49. The van der Waals surface area contributed by atoms with E-state index in [1.807, 2.05) is 0 Å². The van der Waals surface area contributed by atoms with Gasteiger partial charge in [-0.25, -0.2) is 9.78 Å². The molecule has 9 heavy (non-hydrogen) atoms. The Hall–Kier alpha value is 0.360. The molecule has 4 heteroatoms. The van der Waals surface area contributed by atoms with E-state index < -0.39 is 0 Å². The van der Waals surface area contributed by atoms with Crippen molar-refractivity contribution in [1.29, 1.82) is 0 Å². The van der Waals surface area contributed by atoms with Crippen molar-refractivity contribution in [2.45, 2.75) is 6.92 Å². The molecular weight excluding hydrogens is 188 g/mol. The molecule has 0 aromatic carbocycles. The second-order valence-corrected chi connectivity index (χ2v) is 2.49. The van der Waals surface area contributed by atoms with Gasteiger partial charge in [0.25, 0.3) is 0 Å². The van der Waals surface area contributed by atoms with Crippen molar-refractivity contribution in [2.75, 3.05) is 20.3 Å². The molecule has 55 valence electrons. The van der Waals surface area contributed by atoms with Gasteiger partial charge in [-0.05, 0) is 22.9 Å². The van der Waals surface area contributed by atoms with Crippen molar-refractivity contribution >= 4 is 15.9 Å². The highest BCUT2D eigenvalue weighted by Gasteiger charge is 1.95. The third-order valence-corrected chi connectivity index (χ3v) is 0.677. The molecule has 0 unspecified atom stereocenters. The minimum absolute atomic E-state index is 0.444. The Bertz CT molecular complexity index is 58.2. The predicted molar refractivity (Wildman–Crippen MR) is 36.8 cm³/mol. The molecule has 0 rings (SSSR count). The molecule has 0 fully saturated rings. The summed E-state index contributed by atoms with van der Waals surface area (Å²) in [4.78, 5) is 9.22. The number of halogens is 1. The van der Waals surface area contributed by atoms with E-state index in [0.717, 1.165) is 0 Å². The van der Waals surface area contributed by atoms with Crippen LogP contribution in [-0.2, 0) is 14.5 Å². The Morgan fingerprint density at radius 2 is 2.11 bits per heavy atom. The molecule has 0 aromatic rings. The van der Waals surface area contributed by atoms with Gasteiger partial charge in [-0.2, -0.15) is 0 Å². The lowest BCUT2D eigenvalue weighted by Crippen LogP contribution is -2.02. The highest BCUT2D eigenvalue weighted by atomic mass is 79.9. The Labute approximate surface area is 63.3 Å². The highest BCUT2D eigenvalue weighted by molar-refractivity contribution is 9.11. The Morgan fingerprint density at radius 3 is 2.56 bits per heavy atom. The second-order valence-electron chi connectivity index (χ2n) is 1.37. The summed E-state index contributed by atoms with van der Waals surface area (Å²) in [5.41, 5.74) is 0. The maximum absolute atomic E-state index is 4.69. The van der Waals surface area contributed by atoms with Gasteiger partial charge in [-0.15, -0.1) is 0 Å². The molecule has 0 spiro atoms. The molecule has 0 aliphatic rings. The fourth-order valence-corrected chi connectivity index (χ4v) is 0.334. The first-order valence-electron chi connectivity index (χ1n) is 2.55. The summed E-state index contributed by atoms with van der Waals surface area (Å²) in [6, 6.07) is 0. The molecule has 0 heterocycles. The number of rotatable bonds is 5. The summed E-state index contributed by atoms with van der Waals surface area (Å²) in [5.74, 6) is 0. The van der Waals surface area contributed by atoms with Crippen LogP contribution in [0.4, 0.5) is 0 Å². The summed E-state index contributed by atoms with van der Waals surface area (Å²) in [6.45, 7) is 2.73. The zero-order valence-electron chi connectivity index (χ0n) is 5.52. The molecule has 3 nitrogen and oxygen atoms in total. The molecule has 0 N–H and O–H groups in total. The van der Waals surface area contributed by atoms with Gasteiger partial charge in [0.2, 0.25) is 0 Å². The van der Waals surface area contributed by atoms with Crippen LogP contribution in [-0.4, -0.2) is 20.3 Å². The fraction of sp³-hybridized carbons (Fsp3) is 0.800. The lowest BCUT2D eigenvalue weighted by molar-refractivity contribution is -0.275. The van der Waals surface area contributed by atoms with Crippen molar-refractivity contribution in [3.63, 3.8) is 0 Å². The smallest absolute Gasteiger partial charge is 0.196 e. The zero-order chi connectivity index (χ0) is 7.11. The largest absolute Gasteiger partial charge is 0.382 e. The molecule has 0 bridgehead atoms. The third kappa shape index (κ3) is 8.36. The summed E-state index contributed by atoms with van der Waals surface area (Å²) in [6.07, 6.45) is 0. The first kappa shape index (κ1) is 9.36. The summed E-state index contributed by atoms with van der Waals surface area (Å²) >= 11 is 3.06. The Balaban J connectivity index is 2.75. The maximum atomic E-state index is 4.69. The van der Waals surface area contributed by atoms with Crippen molar-refractivity contribution < 1.29 is 14.5 Å². The normalized spacial score (nSPS) is 10.7. The van der Waals surface area contributed by atoms with Crippen LogP contribution in [0.3, 0.4) is 0 Å². The standard InChI is InChI=1S/C5H10BrO3/c1-5(6)9-8-4-3-7-2/h3-4H2,1-2H3.